The highest BCUT2D eigenvalue weighted by Crippen LogP contribution is 2.27. The summed E-state index contributed by atoms with van der Waals surface area (Å²) >= 11 is 0. The number of benzene rings is 2. The molecule has 0 aromatic heterocycles. The van der Waals surface area contributed by atoms with Crippen molar-refractivity contribution in [2.45, 2.75) is 38.3 Å². The van der Waals surface area contributed by atoms with Gasteiger partial charge in [0.05, 0.1) is 12.0 Å². The largest absolute Gasteiger partial charge is 0.349 e. The van der Waals surface area contributed by atoms with Crippen LogP contribution in [-0.2, 0) is 4.79 Å². The summed E-state index contributed by atoms with van der Waals surface area (Å²) in [4.78, 5) is 12.4. The van der Waals surface area contributed by atoms with Gasteiger partial charge in [-0.1, -0.05) is 48.9 Å². The molecule has 0 heterocycles. The average Bonchev–Trinajstić information content (AvgIpc) is 2.92. The molecular formula is C18H23ClN2O. The van der Waals surface area contributed by atoms with Gasteiger partial charge in [0.2, 0.25) is 5.91 Å². The van der Waals surface area contributed by atoms with Crippen molar-refractivity contribution in [3.05, 3.63) is 48.0 Å². The van der Waals surface area contributed by atoms with Crippen molar-refractivity contribution in [3.63, 3.8) is 0 Å². The Morgan fingerprint density at radius 1 is 1.18 bits per heavy atom. The number of carbonyl (C=O) groups excluding carboxylic acids is 1. The second kappa shape index (κ2) is 7.12. The Kier molecular flexibility index (Phi) is 5.43. The molecule has 3 atom stereocenters. The lowest BCUT2D eigenvalue weighted by Crippen LogP contribution is -2.39. The maximum absolute atomic E-state index is 12.4. The molecule has 3 unspecified atom stereocenters. The average molecular weight is 319 g/mol. The van der Waals surface area contributed by atoms with Gasteiger partial charge in [-0.25, -0.2) is 0 Å². The molecule has 0 saturated heterocycles. The van der Waals surface area contributed by atoms with E-state index in [1.807, 2.05) is 25.1 Å². The number of rotatable bonds is 3. The minimum Gasteiger partial charge on any atom is -0.349 e. The minimum atomic E-state index is -0.0255. The molecule has 1 saturated carbocycles. The Hall–Kier alpha value is -1.58. The van der Waals surface area contributed by atoms with Crippen molar-refractivity contribution in [1.29, 1.82) is 0 Å². The van der Waals surface area contributed by atoms with Crippen LogP contribution in [-0.4, -0.2) is 11.9 Å². The van der Waals surface area contributed by atoms with Gasteiger partial charge in [-0.2, -0.15) is 0 Å². The van der Waals surface area contributed by atoms with Gasteiger partial charge in [0, 0.05) is 6.04 Å². The van der Waals surface area contributed by atoms with Crippen LogP contribution in [0.1, 0.15) is 37.8 Å². The molecule has 3 rings (SSSR count). The van der Waals surface area contributed by atoms with E-state index in [0.717, 1.165) is 24.8 Å². The second-order valence-electron chi connectivity index (χ2n) is 6.00. The summed E-state index contributed by atoms with van der Waals surface area (Å²) in [6, 6.07) is 14.5. The topological polar surface area (TPSA) is 55.1 Å². The van der Waals surface area contributed by atoms with E-state index in [1.54, 1.807) is 0 Å². The first-order valence-electron chi connectivity index (χ1n) is 7.70. The molecule has 1 aliphatic carbocycles. The number of amides is 1. The minimum absolute atomic E-state index is 0. The first kappa shape index (κ1) is 16.8. The lowest BCUT2D eigenvalue weighted by Gasteiger charge is -2.21. The van der Waals surface area contributed by atoms with Gasteiger partial charge in [0.1, 0.15) is 0 Å². The SMILES string of the molecule is CC(NC(=O)C1CCCC1N)c1cccc2ccccc12.Cl. The van der Waals surface area contributed by atoms with E-state index >= 15 is 0 Å². The summed E-state index contributed by atoms with van der Waals surface area (Å²) in [5, 5.41) is 5.54. The third kappa shape index (κ3) is 3.26. The summed E-state index contributed by atoms with van der Waals surface area (Å²) in [7, 11) is 0. The van der Waals surface area contributed by atoms with Crippen LogP contribution in [0.3, 0.4) is 0 Å². The van der Waals surface area contributed by atoms with Gasteiger partial charge in [-0.3, -0.25) is 4.79 Å². The number of fused-ring (bicyclic) bond motifs is 1. The van der Waals surface area contributed by atoms with Gasteiger partial charge in [-0.15, -0.1) is 12.4 Å². The number of halogens is 1. The summed E-state index contributed by atoms with van der Waals surface area (Å²) in [5.41, 5.74) is 7.18. The highest BCUT2D eigenvalue weighted by molar-refractivity contribution is 5.87. The van der Waals surface area contributed by atoms with E-state index < -0.39 is 0 Å². The van der Waals surface area contributed by atoms with Gasteiger partial charge in [-0.05, 0) is 36.1 Å². The van der Waals surface area contributed by atoms with Crippen LogP contribution in [0.2, 0.25) is 0 Å². The maximum Gasteiger partial charge on any atom is 0.225 e. The maximum atomic E-state index is 12.4. The summed E-state index contributed by atoms with van der Waals surface area (Å²) in [6.45, 7) is 2.04. The zero-order chi connectivity index (χ0) is 14.8. The van der Waals surface area contributed by atoms with Gasteiger partial charge in [0.25, 0.3) is 0 Å². The Morgan fingerprint density at radius 2 is 1.91 bits per heavy atom. The number of nitrogens with two attached hydrogens (primary N) is 1. The fraction of sp³-hybridized carbons (Fsp3) is 0.389. The molecule has 22 heavy (non-hydrogen) atoms. The van der Waals surface area contributed by atoms with E-state index in [9.17, 15) is 4.79 Å². The van der Waals surface area contributed by atoms with Crippen LogP contribution in [0.15, 0.2) is 42.5 Å². The van der Waals surface area contributed by atoms with Crippen LogP contribution in [0.4, 0.5) is 0 Å². The van der Waals surface area contributed by atoms with E-state index in [1.165, 1.54) is 10.8 Å². The molecule has 1 aliphatic rings. The lowest BCUT2D eigenvalue weighted by molar-refractivity contribution is -0.125. The van der Waals surface area contributed by atoms with Crippen LogP contribution < -0.4 is 11.1 Å². The van der Waals surface area contributed by atoms with Crippen molar-refractivity contribution >= 4 is 29.1 Å². The van der Waals surface area contributed by atoms with Gasteiger partial charge >= 0.3 is 0 Å². The van der Waals surface area contributed by atoms with Crippen LogP contribution in [0.25, 0.3) is 10.8 Å². The Balaban J connectivity index is 0.00000176. The summed E-state index contributed by atoms with van der Waals surface area (Å²) in [6.07, 6.45) is 2.93. The molecule has 0 spiro atoms. The lowest BCUT2D eigenvalue weighted by atomic mass is 9.98. The molecule has 1 amide bonds. The van der Waals surface area contributed by atoms with Crippen LogP contribution in [0.5, 0.6) is 0 Å². The predicted octanol–water partition coefficient (Wildman–Crippen LogP) is 3.57. The van der Waals surface area contributed by atoms with Crippen molar-refractivity contribution in [1.82, 2.24) is 5.32 Å². The highest BCUT2D eigenvalue weighted by Gasteiger charge is 2.30. The molecule has 0 aliphatic heterocycles. The molecule has 2 aromatic rings. The monoisotopic (exact) mass is 318 g/mol. The Morgan fingerprint density at radius 3 is 2.64 bits per heavy atom. The molecule has 0 radical (unpaired) electrons. The molecule has 3 nitrogen and oxygen atoms in total. The van der Waals surface area contributed by atoms with E-state index in [-0.39, 0.29) is 36.3 Å². The zero-order valence-electron chi connectivity index (χ0n) is 12.8. The quantitative estimate of drug-likeness (QED) is 0.909. The van der Waals surface area contributed by atoms with Crippen molar-refractivity contribution in [2.75, 3.05) is 0 Å². The molecular weight excluding hydrogens is 296 g/mol. The predicted molar refractivity (Wildman–Crippen MR) is 93.1 cm³/mol. The Labute approximate surface area is 137 Å². The molecule has 118 valence electrons. The fourth-order valence-corrected chi connectivity index (χ4v) is 3.34. The molecule has 2 aromatic carbocycles. The third-order valence-electron chi connectivity index (χ3n) is 4.55. The van der Waals surface area contributed by atoms with E-state index in [4.69, 9.17) is 5.73 Å². The summed E-state index contributed by atoms with van der Waals surface area (Å²) in [5.74, 6) is 0.0721. The Bertz CT molecular complexity index is 653. The molecule has 0 bridgehead atoms. The highest BCUT2D eigenvalue weighted by atomic mass is 35.5. The fourth-order valence-electron chi connectivity index (χ4n) is 3.34. The van der Waals surface area contributed by atoms with E-state index in [0.29, 0.717) is 0 Å². The third-order valence-corrected chi connectivity index (χ3v) is 4.55. The normalized spacial score (nSPS) is 22.1. The number of carbonyl (C=O) groups is 1. The van der Waals surface area contributed by atoms with Crippen molar-refractivity contribution in [3.8, 4) is 0 Å². The second-order valence-corrected chi connectivity index (χ2v) is 6.00. The van der Waals surface area contributed by atoms with Gasteiger partial charge < -0.3 is 11.1 Å². The van der Waals surface area contributed by atoms with Crippen LogP contribution >= 0.6 is 12.4 Å². The molecule has 1 fully saturated rings. The van der Waals surface area contributed by atoms with E-state index in [2.05, 4.69) is 29.6 Å². The van der Waals surface area contributed by atoms with Crippen LogP contribution in [0, 0.1) is 5.92 Å². The smallest absolute Gasteiger partial charge is 0.225 e. The van der Waals surface area contributed by atoms with Crippen molar-refractivity contribution in [2.24, 2.45) is 11.7 Å². The van der Waals surface area contributed by atoms with Gasteiger partial charge in [0.15, 0.2) is 0 Å². The molecule has 4 heteroatoms. The first-order valence-corrected chi connectivity index (χ1v) is 7.70. The summed E-state index contributed by atoms with van der Waals surface area (Å²) < 4.78 is 0. The first-order chi connectivity index (χ1) is 10.2. The zero-order valence-corrected chi connectivity index (χ0v) is 13.6. The molecule has 3 N–H and O–H groups in total. The standard InChI is InChI=1S/C18H22N2O.ClH/c1-12(20-18(21)16-10-5-11-17(16)19)14-9-4-7-13-6-2-3-8-15(13)14;/h2-4,6-9,12,16-17H,5,10-11,19H2,1H3,(H,20,21);1H. The van der Waals surface area contributed by atoms with Crippen molar-refractivity contribution < 1.29 is 4.79 Å². The number of hydrogen-bond acceptors (Lipinski definition) is 2. The number of nitrogens with one attached hydrogen (secondary N) is 1. The number of hydrogen-bond donors (Lipinski definition) is 2.